The standard InChI is InChI=1S/C23H40N2O3/c1-14(22(28)25-17-8-6-5-7-9-17)18-10-12-23(4)13-11-19(24-16(3)26)15(2)20(23)21(18)27/h14-15,17-21,27H,5-13H2,1-4H3,(H,24,26)(H,25,28)/t14?,15-,18+,19+,20-,21+,23+/m1/s1. The van der Waals surface area contributed by atoms with Crippen LogP contribution in [0.2, 0.25) is 0 Å². The summed E-state index contributed by atoms with van der Waals surface area (Å²) in [6.45, 7) is 8.03. The van der Waals surface area contributed by atoms with Crippen molar-refractivity contribution in [1.29, 1.82) is 0 Å². The van der Waals surface area contributed by atoms with Gasteiger partial charge in [0.1, 0.15) is 0 Å². The molecule has 0 aromatic carbocycles. The van der Waals surface area contributed by atoms with Crippen LogP contribution in [0.1, 0.15) is 85.5 Å². The minimum atomic E-state index is -0.489. The molecule has 3 saturated carbocycles. The van der Waals surface area contributed by atoms with Crippen molar-refractivity contribution in [3.05, 3.63) is 0 Å². The Hall–Kier alpha value is -1.10. The Kier molecular flexibility index (Phi) is 6.73. The van der Waals surface area contributed by atoms with Crippen LogP contribution in [-0.4, -0.2) is 35.1 Å². The van der Waals surface area contributed by atoms with E-state index in [9.17, 15) is 14.7 Å². The van der Waals surface area contributed by atoms with E-state index < -0.39 is 6.10 Å². The summed E-state index contributed by atoms with van der Waals surface area (Å²) in [4.78, 5) is 24.5. The van der Waals surface area contributed by atoms with Crippen LogP contribution >= 0.6 is 0 Å². The number of fused-ring (bicyclic) bond motifs is 1. The van der Waals surface area contributed by atoms with Gasteiger partial charge in [0.25, 0.3) is 0 Å². The number of aliphatic hydroxyl groups excluding tert-OH is 1. The number of amides is 2. The molecule has 2 amide bonds. The van der Waals surface area contributed by atoms with Crippen LogP contribution in [0.5, 0.6) is 0 Å². The summed E-state index contributed by atoms with van der Waals surface area (Å²) >= 11 is 0. The largest absolute Gasteiger partial charge is 0.392 e. The van der Waals surface area contributed by atoms with Gasteiger partial charge in [0.2, 0.25) is 11.8 Å². The molecular formula is C23H40N2O3. The molecule has 1 unspecified atom stereocenters. The van der Waals surface area contributed by atoms with E-state index in [4.69, 9.17) is 0 Å². The summed E-state index contributed by atoms with van der Waals surface area (Å²) < 4.78 is 0. The van der Waals surface area contributed by atoms with Crippen molar-refractivity contribution in [1.82, 2.24) is 10.6 Å². The van der Waals surface area contributed by atoms with Crippen LogP contribution in [0.3, 0.4) is 0 Å². The van der Waals surface area contributed by atoms with Crippen molar-refractivity contribution in [2.75, 3.05) is 0 Å². The second kappa shape index (κ2) is 8.73. The zero-order valence-corrected chi connectivity index (χ0v) is 18.2. The highest BCUT2D eigenvalue weighted by Crippen LogP contribution is 2.55. The predicted octanol–water partition coefficient (Wildman–Crippen LogP) is 3.40. The van der Waals surface area contributed by atoms with E-state index in [2.05, 4.69) is 24.5 Å². The van der Waals surface area contributed by atoms with Gasteiger partial charge < -0.3 is 15.7 Å². The van der Waals surface area contributed by atoms with Gasteiger partial charge in [0, 0.05) is 24.9 Å². The fourth-order valence-corrected chi connectivity index (χ4v) is 6.53. The van der Waals surface area contributed by atoms with Crippen LogP contribution in [0.15, 0.2) is 0 Å². The molecular weight excluding hydrogens is 352 g/mol. The molecule has 160 valence electrons. The third-order valence-corrected chi connectivity index (χ3v) is 8.28. The molecule has 28 heavy (non-hydrogen) atoms. The number of carbonyl (C=O) groups excluding carboxylic acids is 2. The molecule has 0 bridgehead atoms. The fourth-order valence-electron chi connectivity index (χ4n) is 6.53. The maximum atomic E-state index is 12.9. The quantitative estimate of drug-likeness (QED) is 0.686. The first kappa shape index (κ1) is 21.6. The number of hydrogen-bond acceptors (Lipinski definition) is 3. The first-order valence-corrected chi connectivity index (χ1v) is 11.5. The van der Waals surface area contributed by atoms with Gasteiger partial charge in [-0.1, -0.05) is 40.0 Å². The zero-order valence-electron chi connectivity index (χ0n) is 18.2. The molecule has 0 aromatic rings. The molecule has 3 aliphatic carbocycles. The summed E-state index contributed by atoms with van der Waals surface area (Å²) in [6.07, 6.45) is 9.32. The Balaban J connectivity index is 1.68. The minimum Gasteiger partial charge on any atom is -0.392 e. The number of aliphatic hydroxyl groups is 1. The number of nitrogens with one attached hydrogen (secondary N) is 2. The van der Waals surface area contributed by atoms with E-state index in [0.29, 0.717) is 6.04 Å². The van der Waals surface area contributed by atoms with Gasteiger partial charge >= 0.3 is 0 Å². The monoisotopic (exact) mass is 392 g/mol. The van der Waals surface area contributed by atoms with Crippen molar-refractivity contribution >= 4 is 11.8 Å². The van der Waals surface area contributed by atoms with Crippen molar-refractivity contribution < 1.29 is 14.7 Å². The lowest BCUT2D eigenvalue weighted by atomic mass is 9.51. The molecule has 0 heterocycles. The molecule has 3 aliphatic rings. The average Bonchev–Trinajstić information content (AvgIpc) is 2.64. The van der Waals surface area contributed by atoms with E-state index in [0.717, 1.165) is 38.5 Å². The number of hydrogen-bond donors (Lipinski definition) is 3. The normalized spacial score (nSPS) is 40.2. The minimum absolute atomic E-state index is 0.000179. The molecule has 7 atom stereocenters. The van der Waals surface area contributed by atoms with Crippen molar-refractivity contribution in [2.24, 2.45) is 29.1 Å². The lowest BCUT2D eigenvalue weighted by Gasteiger charge is -2.56. The van der Waals surface area contributed by atoms with Gasteiger partial charge in [-0.3, -0.25) is 9.59 Å². The number of carbonyl (C=O) groups is 2. The van der Waals surface area contributed by atoms with Crippen LogP contribution in [0.25, 0.3) is 0 Å². The average molecular weight is 393 g/mol. The van der Waals surface area contributed by atoms with Gasteiger partial charge in [0.05, 0.1) is 6.10 Å². The summed E-state index contributed by atoms with van der Waals surface area (Å²) in [5.41, 5.74) is 0.101. The highest BCUT2D eigenvalue weighted by atomic mass is 16.3. The number of rotatable bonds is 4. The van der Waals surface area contributed by atoms with E-state index in [1.54, 1.807) is 6.92 Å². The van der Waals surface area contributed by atoms with E-state index in [1.165, 1.54) is 19.3 Å². The van der Waals surface area contributed by atoms with Crippen molar-refractivity contribution in [3.63, 3.8) is 0 Å². The van der Waals surface area contributed by atoms with Crippen LogP contribution in [0, 0.1) is 29.1 Å². The second-order valence-electron chi connectivity index (χ2n) is 10.2. The second-order valence-corrected chi connectivity index (χ2v) is 10.2. The Morgan fingerprint density at radius 2 is 1.68 bits per heavy atom. The first-order valence-electron chi connectivity index (χ1n) is 11.5. The SMILES string of the molecule is CC(=O)N[C@H]1CC[C@]2(C)CC[C@@H](C(C)C(=O)NC3CCCCC3)[C@H](O)[C@H]2[C@@H]1C. The molecule has 0 spiro atoms. The fraction of sp³-hybridized carbons (Fsp3) is 0.913. The van der Waals surface area contributed by atoms with Gasteiger partial charge in [-0.05, 0) is 61.7 Å². The van der Waals surface area contributed by atoms with Crippen LogP contribution < -0.4 is 10.6 Å². The Bertz CT molecular complexity index is 574. The molecule has 3 rings (SSSR count). The smallest absolute Gasteiger partial charge is 0.223 e. The third-order valence-electron chi connectivity index (χ3n) is 8.28. The Morgan fingerprint density at radius 3 is 2.32 bits per heavy atom. The van der Waals surface area contributed by atoms with Crippen LogP contribution in [-0.2, 0) is 9.59 Å². The van der Waals surface area contributed by atoms with Gasteiger partial charge in [-0.15, -0.1) is 0 Å². The topological polar surface area (TPSA) is 78.4 Å². The summed E-state index contributed by atoms with van der Waals surface area (Å²) in [5.74, 6) is 0.287. The molecule has 0 radical (unpaired) electrons. The van der Waals surface area contributed by atoms with E-state index in [-0.39, 0.29) is 46.9 Å². The van der Waals surface area contributed by atoms with Gasteiger partial charge in [0.15, 0.2) is 0 Å². The third kappa shape index (κ3) is 4.39. The van der Waals surface area contributed by atoms with Crippen LogP contribution in [0.4, 0.5) is 0 Å². The molecule has 0 aliphatic heterocycles. The Morgan fingerprint density at radius 1 is 1.04 bits per heavy atom. The summed E-state index contributed by atoms with van der Waals surface area (Å²) in [7, 11) is 0. The van der Waals surface area contributed by atoms with Gasteiger partial charge in [-0.2, -0.15) is 0 Å². The Labute approximate surface area is 170 Å². The molecule has 5 heteroatoms. The van der Waals surface area contributed by atoms with E-state index in [1.807, 2.05) is 6.92 Å². The maximum absolute atomic E-state index is 12.9. The van der Waals surface area contributed by atoms with Gasteiger partial charge in [-0.25, -0.2) is 0 Å². The highest BCUT2D eigenvalue weighted by Gasteiger charge is 2.53. The predicted molar refractivity (Wildman–Crippen MR) is 111 cm³/mol. The lowest BCUT2D eigenvalue weighted by molar-refractivity contribution is -0.144. The molecule has 3 fully saturated rings. The van der Waals surface area contributed by atoms with Crippen molar-refractivity contribution in [2.45, 2.75) is 104 Å². The zero-order chi connectivity index (χ0) is 20.5. The van der Waals surface area contributed by atoms with E-state index >= 15 is 0 Å². The summed E-state index contributed by atoms with van der Waals surface area (Å²) in [5, 5.41) is 17.7. The molecule has 3 N–H and O–H groups in total. The first-order chi connectivity index (χ1) is 13.2. The van der Waals surface area contributed by atoms with Crippen molar-refractivity contribution in [3.8, 4) is 0 Å². The molecule has 0 aromatic heterocycles. The maximum Gasteiger partial charge on any atom is 0.223 e. The molecule has 0 saturated heterocycles. The lowest BCUT2D eigenvalue weighted by Crippen LogP contribution is -2.58. The summed E-state index contributed by atoms with van der Waals surface area (Å²) in [6, 6.07) is 0.433. The highest BCUT2D eigenvalue weighted by molar-refractivity contribution is 5.79. The molecule has 5 nitrogen and oxygen atoms in total.